The number of para-hydroxylation sites is 1. The van der Waals surface area contributed by atoms with Gasteiger partial charge in [0.15, 0.2) is 12.3 Å². The van der Waals surface area contributed by atoms with Crippen LogP contribution in [0.2, 0.25) is 0 Å². The number of rotatable bonds is 11. The zero-order valence-electron chi connectivity index (χ0n) is 21.9. The fraction of sp³-hybridized carbons (Fsp3) is 0.219. The molecule has 0 radical (unpaired) electrons. The summed E-state index contributed by atoms with van der Waals surface area (Å²) in [5.41, 5.74) is 2.04. The van der Waals surface area contributed by atoms with Crippen molar-refractivity contribution < 1.29 is 19.4 Å². The second-order valence-electron chi connectivity index (χ2n) is 9.33. The lowest BCUT2D eigenvalue weighted by Gasteiger charge is -2.09. The van der Waals surface area contributed by atoms with E-state index in [9.17, 15) is 9.90 Å². The second-order valence-corrected chi connectivity index (χ2v) is 9.33. The Hall–Kier alpha value is -4.65. The van der Waals surface area contributed by atoms with Crippen LogP contribution in [0.4, 0.5) is 5.69 Å². The molecule has 5 aromatic rings. The number of amides is 1. The molecule has 39 heavy (non-hydrogen) atoms. The average molecular weight is 522 g/mol. The van der Waals surface area contributed by atoms with E-state index in [1.54, 1.807) is 4.57 Å². The summed E-state index contributed by atoms with van der Waals surface area (Å²) in [6.45, 7) is 3.04. The van der Waals surface area contributed by atoms with Crippen LogP contribution in [0.25, 0.3) is 21.7 Å². The number of unbranched alkanes of at least 4 members (excludes halogenated alkanes) is 2. The number of aromatic nitrogens is 1. The molecule has 0 spiro atoms. The van der Waals surface area contributed by atoms with Gasteiger partial charge in [-0.1, -0.05) is 86.5 Å². The predicted octanol–water partition coefficient (Wildman–Crippen LogP) is 7.81. The largest absolute Gasteiger partial charge is 0.494 e. The topological polar surface area (TPSA) is 85.4 Å². The van der Waals surface area contributed by atoms with E-state index in [1.165, 1.54) is 0 Å². The van der Waals surface area contributed by atoms with E-state index < -0.39 is 5.91 Å². The highest BCUT2D eigenvalue weighted by Crippen LogP contribution is 2.39. The number of nitrogens with zero attached hydrogens (tertiary/aromatic N) is 3. The molecule has 0 fully saturated rings. The lowest BCUT2D eigenvalue weighted by Crippen LogP contribution is -2.08. The number of ether oxygens (including phenoxy) is 2. The number of azo groups is 1. The molecule has 0 aliphatic carbocycles. The zero-order valence-corrected chi connectivity index (χ0v) is 21.9. The second kappa shape index (κ2) is 12.3. The van der Waals surface area contributed by atoms with Crippen LogP contribution in [0.3, 0.4) is 0 Å². The third kappa shape index (κ3) is 6.09. The average Bonchev–Trinajstić information content (AvgIpc) is 3.24. The fourth-order valence-electron chi connectivity index (χ4n) is 4.54. The van der Waals surface area contributed by atoms with Gasteiger partial charge in [0.1, 0.15) is 11.5 Å². The fourth-order valence-corrected chi connectivity index (χ4v) is 4.54. The third-order valence-electron chi connectivity index (χ3n) is 6.56. The van der Waals surface area contributed by atoms with Gasteiger partial charge in [0.05, 0.1) is 18.7 Å². The monoisotopic (exact) mass is 521 g/mol. The molecule has 0 unspecified atom stereocenters. The Morgan fingerprint density at radius 2 is 1.59 bits per heavy atom. The van der Waals surface area contributed by atoms with Gasteiger partial charge in [-0.25, -0.2) is 0 Å². The number of carbonyl (C=O) groups is 1. The van der Waals surface area contributed by atoms with Crippen molar-refractivity contribution in [3.8, 4) is 17.4 Å². The van der Waals surface area contributed by atoms with Crippen LogP contribution in [-0.2, 0) is 11.3 Å². The maximum Gasteiger partial charge on any atom is 0.302 e. The maximum atomic E-state index is 12.5. The van der Waals surface area contributed by atoms with Crippen LogP contribution in [0, 0.1) is 0 Å². The van der Waals surface area contributed by atoms with Crippen molar-refractivity contribution in [1.82, 2.24) is 4.57 Å². The van der Waals surface area contributed by atoms with E-state index in [2.05, 4.69) is 17.2 Å². The van der Waals surface area contributed by atoms with E-state index in [4.69, 9.17) is 9.47 Å². The number of benzene rings is 4. The Morgan fingerprint density at radius 3 is 2.41 bits per heavy atom. The van der Waals surface area contributed by atoms with E-state index >= 15 is 0 Å². The van der Waals surface area contributed by atoms with Gasteiger partial charge in [0.2, 0.25) is 5.88 Å². The van der Waals surface area contributed by atoms with Gasteiger partial charge in [-0.2, -0.15) is 0 Å². The quantitative estimate of drug-likeness (QED) is 0.142. The summed E-state index contributed by atoms with van der Waals surface area (Å²) in [6.07, 6.45) is 3.35. The summed E-state index contributed by atoms with van der Waals surface area (Å²) < 4.78 is 13.3. The zero-order chi connectivity index (χ0) is 27.0. The maximum absolute atomic E-state index is 12.5. The Labute approximate surface area is 227 Å². The molecule has 0 aliphatic heterocycles. The number of hydrogen-bond acceptors (Lipinski definition) is 5. The first-order valence-corrected chi connectivity index (χ1v) is 13.2. The van der Waals surface area contributed by atoms with Gasteiger partial charge in [0, 0.05) is 10.8 Å². The summed E-state index contributed by atoms with van der Waals surface area (Å²) in [7, 11) is 0. The van der Waals surface area contributed by atoms with Gasteiger partial charge in [-0.3, -0.25) is 4.79 Å². The van der Waals surface area contributed by atoms with Crippen molar-refractivity contribution in [2.24, 2.45) is 10.2 Å². The molecule has 5 rings (SSSR count). The molecule has 0 aliphatic rings. The Morgan fingerprint density at radius 1 is 0.846 bits per heavy atom. The molecule has 1 heterocycles. The summed E-state index contributed by atoms with van der Waals surface area (Å²) in [4.78, 5) is 12.5. The van der Waals surface area contributed by atoms with Crippen LogP contribution >= 0.6 is 0 Å². The molecule has 7 heteroatoms. The molecule has 1 amide bonds. The van der Waals surface area contributed by atoms with Gasteiger partial charge in [0.25, 0.3) is 0 Å². The SMILES string of the molecule is CCCCCOc1ccc(Cn2c(O)c(N=NC(=O)COc3cccc4ccccc34)c3ccccc32)cc1. The first-order chi connectivity index (χ1) is 19.1. The van der Waals surface area contributed by atoms with Gasteiger partial charge >= 0.3 is 5.91 Å². The standard InChI is InChI=1S/C32H31N3O4/c1-2-3-8-20-38-25-18-16-23(17-19-25)21-35-28-14-7-6-13-27(28)31(32(35)37)34-33-30(36)22-39-29-15-9-11-24-10-4-5-12-26(24)29/h4-7,9-19,37H,2-3,8,20-22H2,1H3. The van der Waals surface area contributed by atoms with E-state index in [1.807, 2.05) is 91.0 Å². The van der Waals surface area contributed by atoms with Crippen LogP contribution in [0.1, 0.15) is 31.7 Å². The van der Waals surface area contributed by atoms with Gasteiger partial charge < -0.3 is 19.1 Å². The molecule has 0 saturated heterocycles. The van der Waals surface area contributed by atoms with E-state index in [0.717, 1.165) is 46.9 Å². The summed E-state index contributed by atoms with van der Waals surface area (Å²) in [5, 5.41) is 21.7. The lowest BCUT2D eigenvalue weighted by atomic mass is 10.1. The van der Waals surface area contributed by atoms with Crippen molar-refractivity contribution in [1.29, 1.82) is 0 Å². The van der Waals surface area contributed by atoms with Crippen molar-refractivity contribution in [2.45, 2.75) is 32.7 Å². The number of hydrogen-bond donors (Lipinski definition) is 1. The van der Waals surface area contributed by atoms with Crippen LogP contribution < -0.4 is 9.47 Å². The highest BCUT2D eigenvalue weighted by molar-refractivity contribution is 5.95. The van der Waals surface area contributed by atoms with Crippen LogP contribution in [0.5, 0.6) is 17.4 Å². The molecular weight excluding hydrogens is 490 g/mol. The molecule has 0 bridgehead atoms. The summed E-state index contributed by atoms with van der Waals surface area (Å²) >= 11 is 0. The first kappa shape index (κ1) is 26.0. The van der Waals surface area contributed by atoms with Crippen molar-refractivity contribution in [3.05, 3.63) is 96.6 Å². The van der Waals surface area contributed by atoms with Gasteiger partial charge in [-0.15, -0.1) is 10.2 Å². The minimum absolute atomic E-state index is 0.0531. The van der Waals surface area contributed by atoms with E-state index in [-0.39, 0.29) is 18.2 Å². The highest BCUT2D eigenvalue weighted by atomic mass is 16.5. The molecule has 1 N–H and O–H groups in total. The minimum atomic E-state index is -0.548. The molecular formula is C32H31N3O4. The van der Waals surface area contributed by atoms with Gasteiger partial charge in [-0.05, 0) is 41.6 Å². The number of aromatic hydroxyl groups is 1. The van der Waals surface area contributed by atoms with Crippen LogP contribution in [-0.4, -0.2) is 28.8 Å². The smallest absolute Gasteiger partial charge is 0.302 e. The molecule has 7 nitrogen and oxygen atoms in total. The summed E-state index contributed by atoms with van der Waals surface area (Å²) in [5.74, 6) is 0.833. The highest BCUT2D eigenvalue weighted by Gasteiger charge is 2.17. The molecule has 0 saturated carbocycles. The van der Waals surface area contributed by atoms with E-state index in [0.29, 0.717) is 24.3 Å². The van der Waals surface area contributed by atoms with Crippen molar-refractivity contribution in [3.63, 3.8) is 0 Å². The number of fused-ring (bicyclic) bond motifs is 2. The predicted molar refractivity (Wildman–Crippen MR) is 153 cm³/mol. The van der Waals surface area contributed by atoms with Crippen molar-refractivity contribution in [2.75, 3.05) is 13.2 Å². The number of carbonyl (C=O) groups excluding carboxylic acids is 1. The first-order valence-electron chi connectivity index (χ1n) is 13.2. The third-order valence-corrected chi connectivity index (χ3v) is 6.56. The Bertz CT molecular complexity index is 1600. The summed E-state index contributed by atoms with van der Waals surface area (Å²) in [6, 6.07) is 28.9. The lowest BCUT2D eigenvalue weighted by molar-refractivity contribution is -0.120. The molecule has 198 valence electrons. The Balaban J connectivity index is 1.29. The molecule has 0 atom stereocenters. The Kier molecular flexibility index (Phi) is 8.17. The molecule has 4 aromatic carbocycles. The normalized spacial score (nSPS) is 11.4. The van der Waals surface area contributed by atoms with Crippen LogP contribution in [0.15, 0.2) is 101 Å². The minimum Gasteiger partial charge on any atom is -0.494 e. The molecule has 1 aromatic heterocycles. The van der Waals surface area contributed by atoms with Crippen molar-refractivity contribution >= 4 is 33.3 Å².